The quantitative estimate of drug-likeness (QED) is 0.737. The number of aromatic nitrogens is 2. The zero-order valence-corrected chi connectivity index (χ0v) is 9.97. The maximum Gasteiger partial charge on any atom is 0.174 e. The summed E-state index contributed by atoms with van der Waals surface area (Å²) in [5.41, 5.74) is 7.88. The van der Waals surface area contributed by atoms with Gasteiger partial charge in [0, 0.05) is 5.69 Å². The summed E-state index contributed by atoms with van der Waals surface area (Å²) in [4.78, 5) is 8.63. The van der Waals surface area contributed by atoms with E-state index in [1.165, 1.54) is 12.1 Å². The van der Waals surface area contributed by atoms with Crippen LogP contribution >= 0.6 is 0 Å². The van der Waals surface area contributed by atoms with E-state index in [-0.39, 0.29) is 11.6 Å². The minimum Gasteiger partial charge on any atom is -0.381 e. The van der Waals surface area contributed by atoms with Crippen LogP contribution in [0.5, 0.6) is 0 Å². The number of nitrogens with two attached hydrogens (primary N) is 1. The number of para-hydroxylation sites is 2. The molecule has 0 atom stereocenters. The van der Waals surface area contributed by atoms with E-state index >= 15 is 0 Å². The molecule has 0 aliphatic rings. The van der Waals surface area contributed by atoms with Gasteiger partial charge in [0.25, 0.3) is 0 Å². The first-order valence-corrected chi connectivity index (χ1v) is 5.77. The number of nitrogen functional groups attached to an aromatic ring is 1. The van der Waals surface area contributed by atoms with Gasteiger partial charge < -0.3 is 11.1 Å². The van der Waals surface area contributed by atoms with Crippen LogP contribution in [-0.4, -0.2) is 9.97 Å². The Balaban J connectivity index is 2.03. The number of hydrogen-bond acceptors (Lipinski definition) is 4. The Hall–Kier alpha value is -2.69. The molecule has 1 aromatic heterocycles. The van der Waals surface area contributed by atoms with Crippen LogP contribution in [0.3, 0.4) is 0 Å². The number of hydrogen-bond donors (Lipinski definition) is 2. The van der Waals surface area contributed by atoms with E-state index in [1.54, 1.807) is 12.1 Å². The van der Waals surface area contributed by atoms with Gasteiger partial charge in [0.2, 0.25) is 0 Å². The molecule has 94 valence electrons. The molecular weight excluding hydrogens is 243 g/mol. The lowest BCUT2D eigenvalue weighted by molar-refractivity contribution is 0.628. The molecule has 0 amide bonds. The van der Waals surface area contributed by atoms with E-state index < -0.39 is 0 Å². The second kappa shape index (κ2) is 4.53. The highest BCUT2D eigenvalue weighted by Gasteiger charge is 2.06. The van der Waals surface area contributed by atoms with Gasteiger partial charge in [0.05, 0.1) is 11.0 Å². The third-order valence-corrected chi connectivity index (χ3v) is 2.68. The van der Waals surface area contributed by atoms with Crippen molar-refractivity contribution in [3.8, 4) is 0 Å². The summed E-state index contributed by atoms with van der Waals surface area (Å²) in [5.74, 6) is 0.379. The van der Waals surface area contributed by atoms with Gasteiger partial charge in [-0.2, -0.15) is 0 Å². The van der Waals surface area contributed by atoms with Crippen LogP contribution in [0.15, 0.2) is 48.5 Å². The summed E-state index contributed by atoms with van der Waals surface area (Å²) in [6.45, 7) is 0. The van der Waals surface area contributed by atoms with Gasteiger partial charge in [-0.15, -0.1) is 0 Å². The molecule has 3 N–H and O–H groups in total. The predicted octanol–water partition coefficient (Wildman–Crippen LogP) is 3.09. The van der Waals surface area contributed by atoms with Crippen LogP contribution in [0, 0.1) is 5.82 Å². The average Bonchev–Trinajstić information content (AvgIpc) is 2.40. The standard InChI is InChI=1S/C14H11FN4/c15-9-4-3-5-10(8-9)17-14-13(16)18-11-6-1-2-7-12(11)19-14/h1-8H,(H2,16,18)(H,17,19). The van der Waals surface area contributed by atoms with Crippen LogP contribution in [0.25, 0.3) is 11.0 Å². The van der Waals surface area contributed by atoms with Crippen molar-refractivity contribution in [1.82, 2.24) is 9.97 Å². The van der Waals surface area contributed by atoms with Gasteiger partial charge in [-0.1, -0.05) is 18.2 Å². The number of benzene rings is 2. The second-order valence-electron chi connectivity index (χ2n) is 4.08. The van der Waals surface area contributed by atoms with Crippen LogP contribution < -0.4 is 11.1 Å². The van der Waals surface area contributed by atoms with Crippen molar-refractivity contribution >= 4 is 28.4 Å². The van der Waals surface area contributed by atoms with E-state index in [4.69, 9.17) is 5.73 Å². The molecule has 0 saturated carbocycles. The minimum absolute atomic E-state index is 0.281. The van der Waals surface area contributed by atoms with Gasteiger partial charge in [-0.25, -0.2) is 14.4 Å². The number of nitrogens with zero attached hydrogens (tertiary/aromatic N) is 2. The molecule has 0 bridgehead atoms. The summed E-state index contributed by atoms with van der Waals surface area (Å²) in [5, 5.41) is 2.97. The van der Waals surface area contributed by atoms with Gasteiger partial charge in [0.15, 0.2) is 11.6 Å². The van der Waals surface area contributed by atoms with E-state index in [0.717, 1.165) is 11.0 Å². The summed E-state index contributed by atoms with van der Waals surface area (Å²) >= 11 is 0. The van der Waals surface area contributed by atoms with Crippen molar-refractivity contribution in [2.45, 2.75) is 0 Å². The monoisotopic (exact) mass is 254 g/mol. The predicted molar refractivity (Wildman–Crippen MR) is 73.6 cm³/mol. The fraction of sp³-hybridized carbons (Fsp3) is 0. The number of fused-ring (bicyclic) bond motifs is 1. The summed E-state index contributed by atoms with van der Waals surface area (Å²) in [6.07, 6.45) is 0. The molecule has 3 rings (SSSR count). The second-order valence-corrected chi connectivity index (χ2v) is 4.08. The number of nitrogens with one attached hydrogen (secondary N) is 1. The maximum absolute atomic E-state index is 13.1. The molecule has 0 spiro atoms. The highest BCUT2D eigenvalue weighted by atomic mass is 19.1. The zero-order valence-electron chi connectivity index (χ0n) is 9.97. The van der Waals surface area contributed by atoms with Crippen molar-refractivity contribution in [2.24, 2.45) is 0 Å². The molecule has 19 heavy (non-hydrogen) atoms. The van der Waals surface area contributed by atoms with Crippen LogP contribution in [0.4, 0.5) is 21.7 Å². The highest BCUT2D eigenvalue weighted by molar-refractivity contribution is 5.80. The Kier molecular flexibility index (Phi) is 2.72. The first kappa shape index (κ1) is 11.4. The summed E-state index contributed by atoms with van der Waals surface area (Å²) < 4.78 is 13.1. The number of anilines is 3. The van der Waals surface area contributed by atoms with Gasteiger partial charge in [-0.05, 0) is 30.3 Å². The van der Waals surface area contributed by atoms with E-state index in [1.807, 2.05) is 24.3 Å². The van der Waals surface area contributed by atoms with Crippen molar-refractivity contribution in [3.05, 3.63) is 54.3 Å². The van der Waals surface area contributed by atoms with Crippen molar-refractivity contribution in [2.75, 3.05) is 11.1 Å². The molecule has 5 heteroatoms. The van der Waals surface area contributed by atoms with Crippen molar-refractivity contribution < 1.29 is 4.39 Å². The molecule has 0 aliphatic heterocycles. The van der Waals surface area contributed by atoms with Gasteiger partial charge in [0.1, 0.15) is 5.82 Å². The van der Waals surface area contributed by atoms with E-state index in [2.05, 4.69) is 15.3 Å². The third-order valence-electron chi connectivity index (χ3n) is 2.68. The molecule has 0 saturated heterocycles. The lowest BCUT2D eigenvalue weighted by Gasteiger charge is -2.08. The minimum atomic E-state index is -0.322. The average molecular weight is 254 g/mol. The fourth-order valence-corrected chi connectivity index (χ4v) is 1.81. The molecule has 3 aromatic rings. The Labute approximate surface area is 109 Å². The molecular formula is C14H11FN4. The number of halogens is 1. The van der Waals surface area contributed by atoms with Gasteiger partial charge >= 0.3 is 0 Å². The van der Waals surface area contributed by atoms with Gasteiger partial charge in [-0.3, -0.25) is 0 Å². The van der Waals surface area contributed by atoms with Crippen LogP contribution in [0.1, 0.15) is 0 Å². The normalized spacial score (nSPS) is 10.6. The molecule has 0 aliphatic carbocycles. The molecule has 1 heterocycles. The van der Waals surface area contributed by atoms with Crippen molar-refractivity contribution in [1.29, 1.82) is 0 Å². The lowest BCUT2D eigenvalue weighted by atomic mass is 10.3. The first-order valence-electron chi connectivity index (χ1n) is 5.77. The van der Waals surface area contributed by atoms with E-state index in [0.29, 0.717) is 11.5 Å². The van der Waals surface area contributed by atoms with Crippen LogP contribution in [0.2, 0.25) is 0 Å². The highest BCUT2D eigenvalue weighted by Crippen LogP contribution is 2.22. The van der Waals surface area contributed by atoms with E-state index in [9.17, 15) is 4.39 Å². The first-order chi connectivity index (χ1) is 9.22. The summed E-state index contributed by atoms with van der Waals surface area (Å²) in [7, 11) is 0. The van der Waals surface area contributed by atoms with Crippen molar-refractivity contribution in [3.63, 3.8) is 0 Å². The SMILES string of the molecule is Nc1nc2ccccc2nc1Nc1cccc(F)c1. The Morgan fingerprint density at radius 1 is 0.947 bits per heavy atom. The third kappa shape index (κ3) is 2.30. The smallest absolute Gasteiger partial charge is 0.174 e. The molecule has 0 radical (unpaired) electrons. The summed E-state index contributed by atoms with van der Waals surface area (Å²) in [6, 6.07) is 13.5. The fourth-order valence-electron chi connectivity index (χ4n) is 1.81. The lowest BCUT2D eigenvalue weighted by Crippen LogP contribution is -2.02. The Morgan fingerprint density at radius 3 is 2.42 bits per heavy atom. The molecule has 2 aromatic carbocycles. The van der Waals surface area contributed by atoms with Crippen LogP contribution in [-0.2, 0) is 0 Å². The molecule has 0 unspecified atom stereocenters. The Bertz CT molecular complexity index is 742. The molecule has 4 nitrogen and oxygen atoms in total. The zero-order chi connectivity index (χ0) is 13.2. The molecule has 0 fully saturated rings. The largest absolute Gasteiger partial charge is 0.381 e. The topological polar surface area (TPSA) is 63.8 Å². The maximum atomic E-state index is 13.1. The Morgan fingerprint density at radius 2 is 1.68 bits per heavy atom. The number of rotatable bonds is 2.